The molecule has 0 aliphatic rings. The molecule has 1 aromatic heterocycles. The van der Waals surface area contributed by atoms with E-state index in [1.54, 1.807) is 10.6 Å². The predicted molar refractivity (Wildman–Crippen MR) is 70.6 cm³/mol. The number of ether oxygens (including phenoxy) is 1. The van der Waals surface area contributed by atoms with Gasteiger partial charge in [0.15, 0.2) is 0 Å². The maximum atomic E-state index is 11.9. The molecule has 2 aromatic rings. The lowest BCUT2D eigenvalue weighted by molar-refractivity contribution is 0.0641. The molecule has 0 spiro atoms. The molecule has 0 fully saturated rings. The van der Waals surface area contributed by atoms with E-state index in [4.69, 9.17) is 9.84 Å². The van der Waals surface area contributed by atoms with E-state index in [0.29, 0.717) is 24.2 Å². The third-order valence-corrected chi connectivity index (χ3v) is 2.91. The molecule has 0 amide bonds. The molecule has 1 atom stereocenters. The zero-order chi connectivity index (χ0) is 14.0. The molecule has 6 heteroatoms. The average molecular weight is 264 g/mol. The minimum Gasteiger partial charge on any atom is -0.478 e. The highest BCUT2D eigenvalue weighted by molar-refractivity contribution is 5.92. The fourth-order valence-corrected chi connectivity index (χ4v) is 2.07. The summed E-state index contributed by atoms with van der Waals surface area (Å²) in [5.41, 5.74) is 1.10. The molecule has 1 heterocycles. The van der Waals surface area contributed by atoms with Crippen LogP contribution in [0.15, 0.2) is 23.0 Å². The molecule has 1 unspecified atom stereocenters. The van der Waals surface area contributed by atoms with E-state index in [1.807, 2.05) is 13.8 Å². The van der Waals surface area contributed by atoms with Crippen molar-refractivity contribution < 1.29 is 14.6 Å². The second-order valence-electron chi connectivity index (χ2n) is 4.34. The quantitative estimate of drug-likeness (QED) is 0.856. The Hall–Kier alpha value is -2.08. The van der Waals surface area contributed by atoms with E-state index in [1.165, 1.54) is 12.1 Å². The Bertz CT molecular complexity index is 656. The number of rotatable bonds is 5. The molecule has 0 saturated carbocycles. The monoisotopic (exact) mass is 264 g/mol. The number of benzene rings is 1. The average Bonchev–Trinajstić information content (AvgIpc) is 2.65. The first-order valence-corrected chi connectivity index (χ1v) is 6.10. The smallest absolute Gasteiger partial charge is 0.335 e. The van der Waals surface area contributed by atoms with Gasteiger partial charge < -0.3 is 14.8 Å². The summed E-state index contributed by atoms with van der Waals surface area (Å²) in [7, 11) is 0. The predicted octanol–water partition coefficient (Wildman–Crippen LogP) is 1.45. The van der Waals surface area contributed by atoms with Gasteiger partial charge in [-0.05, 0) is 32.0 Å². The standard InChI is InChI=1S/C13H16N2O4/c1-3-19-8(2)7-15-11-5-4-9(12(16)17)6-10(11)14-13(15)18/h4-6,8H,3,7H2,1-2H3,(H,14,18)(H,16,17). The van der Waals surface area contributed by atoms with Gasteiger partial charge in [0, 0.05) is 6.61 Å². The number of fused-ring (bicyclic) bond motifs is 1. The van der Waals surface area contributed by atoms with Crippen molar-refractivity contribution >= 4 is 17.0 Å². The van der Waals surface area contributed by atoms with Gasteiger partial charge in [-0.3, -0.25) is 4.57 Å². The summed E-state index contributed by atoms with van der Waals surface area (Å²) in [5.74, 6) is -1.02. The number of nitrogens with zero attached hydrogens (tertiary/aromatic N) is 1. The van der Waals surface area contributed by atoms with Gasteiger partial charge in [-0.25, -0.2) is 9.59 Å². The maximum Gasteiger partial charge on any atom is 0.335 e. The van der Waals surface area contributed by atoms with E-state index in [0.717, 1.165) is 0 Å². The molecule has 2 rings (SSSR count). The molecule has 0 saturated heterocycles. The highest BCUT2D eigenvalue weighted by Crippen LogP contribution is 2.13. The third kappa shape index (κ3) is 2.68. The van der Waals surface area contributed by atoms with Gasteiger partial charge in [-0.15, -0.1) is 0 Å². The lowest BCUT2D eigenvalue weighted by atomic mass is 10.2. The number of carboxylic acids is 1. The number of carboxylic acid groups (broad SMARTS) is 1. The van der Waals surface area contributed by atoms with Gasteiger partial charge in [-0.1, -0.05) is 0 Å². The van der Waals surface area contributed by atoms with Crippen LogP contribution in [0.25, 0.3) is 11.0 Å². The van der Waals surface area contributed by atoms with E-state index in [2.05, 4.69) is 4.98 Å². The Labute approximate surface area is 109 Å². The molecule has 6 nitrogen and oxygen atoms in total. The van der Waals surface area contributed by atoms with E-state index in [-0.39, 0.29) is 17.4 Å². The van der Waals surface area contributed by atoms with Gasteiger partial charge in [0.2, 0.25) is 0 Å². The summed E-state index contributed by atoms with van der Waals surface area (Å²) in [6, 6.07) is 4.58. The zero-order valence-corrected chi connectivity index (χ0v) is 10.8. The van der Waals surface area contributed by atoms with Crippen molar-refractivity contribution in [2.45, 2.75) is 26.5 Å². The van der Waals surface area contributed by atoms with Crippen LogP contribution in [0.3, 0.4) is 0 Å². The van der Waals surface area contributed by atoms with E-state index < -0.39 is 5.97 Å². The summed E-state index contributed by atoms with van der Waals surface area (Å²) in [6.07, 6.45) is -0.0825. The highest BCUT2D eigenvalue weighted by atomic mass is 16.5. The fourth-order valence-electron chi connectivity index (χ4n) is 2.07. The summed E-state index contributed by atoms with van der Waals surface area (Å²) in [6.45, 7) is 4.80. The largest absolute Gasteiger partial charge is 0.478 e. The second-order valence-corrected chi connectivity index (χ2v) is 4.34. The molecule has 19 heavy (non-hydrogen) atoms. The van der Waals surface area contributed by atoms with Crippen molar-refractivity contribution in [1.29, 1.82) is 0 Å². The van der Waals surface area contributed by atoms with Crippen molar-refractivity contribution in [3.05, 3.63) is 34.2 Å². The third-order valence-electron chi connectivity index (χ3n) is 2.91. The Morgan fingerprint density at radius 2 is 2.26 bits per heavy atom. The first-order chi connectivity index (χ1) is 9.02. The molecule has 0 aliphatic heterocycles. The molecule has 0 aliphatic carbocycles. The van der Waals surface area contributed by atoms with Crippen LogP contribution in [0.4, 0.5) is 0 Å². The Morgan fingerprint density at radius 3 is 2.89 bits per heavy atom. The van der Waals surface area contributed by atoms with Gasteiger partial charge in [0.1, 0.15) is 0 Å². The van der Waals surface area contributed by atoms with Gasteiger partial charge in [-0.2, -0.15) is 0 Å². The molecule has 0 bridgehead atoms. The summed E-state index contributed by atoms with van der Waals surface area (Å²) in [4.78, 5) is 25.4. The van der Waals surface area contributed by atoms with Crippen LogP contribution in [0, 0.1) is 0 Å². The van der Waals surface area contributed by atoms with E-state index >= 15 is 0 Å². The van der Waals surface area contributed by atoms with Gasteiger partial charge in [0.05, 0.1) is 29.2 Å². The SMILES string of the molecule is CCOC(C)Cn1c(=O)[nH]c2cc(C(=O)O)ccc21. The van der Waals surface area contributed by atoms with Gasteiger partial charge >= 0.3 is 11.7 Å². The lowest BCUT2D eigenvalue weighted by Crippen LogP contribution is -2.24. The van der Waals surface area contributed by atoms with Crippen molar-refractivity contribution in [3.8, 4) is 0 Å². The van der Waals surface area contributed by atoms with Crippen molar-refractivity contribution in [1.82, 2.24) is 9.55 Å². The highest BCUT2D eigenvalue weighted by Gasteiger charge is 2.12. The zero-order valence-electron chi connectivity index (χ0n) is 10.8. The van der Waals surface area contributed by atoms with E-state index in [9.17, 15) is 9.59 Å². The minimum atomic E-state index is -1.02. The molecular formula is C13H16N2O4. The second kappa shape index (κ2) is 5.27. The Kier molecular flexibility index (Phi) is 3.71. The van der Waals surface area contributed by atoms with Crippen LogP contribution in [-0.4, -0.2) is 33.3 Å². The van der Waals surface area contributed by atoms with Crippen LogP contribution in [0.1, 0.15) is 24.2 Å². The number of H-pyrrole nitrogens is 1. The van der Waals surface area contributed by atoms with Crippen molar-refractivity contribution in [2.24, 2.45) is 0 Å². The number of nitrogens with one attached hydrogen (secondary N) is 1. The number of imidazole rings is 1. The van der Waals surface area contributed by atoms with Crippen LogP contribution in [0.2, 0.25) is 0 Å². The van der Waals surface area contributed by atoms with Crippen molar-refractivity contribution in [2.75, 3.05) is 6.61 Å². The van der Waals surface area contributed by atoms with Crippen LogP contribution in [0.5, 0.6) is 0 Å². The lowest BCUT2D eigenvalue weighted by Gasteiger charge is -2.12. The Balaban J connectivity index is 2.42. The summed E-state index contributed by atoms with van der Waals surface area (Å²) >= 11 is 0. The topological polar surface area (TPSA) is 84.3 Å². The molecule has 0 radical (unpaired) electrons. The fraction of sp³-hybridized carbons (Fsp3) is 0.385. The Morgan fingerprint density at radius 1 is 1.53 bits per heavy atom. The molecule has 2 N–H and O–H groups in total. The number of aromatic carboxylic acids is 1. The van der Waals surface area contributed by atoms with Crippen molar-refractivity contribution in [3.63, 3.8) is 0 Å². The first kappa shape index (κ1) is 13.4. The van der Waals surface area contributed by atoms with Gasteiger partial charge in [0.25, 0.3) is 0 Å². The maximum absolute atomic E-state index is 11.9. The minimum absolute atomic E-state index is 0.0825. The van der Waals surface area contributed by atoms with Crippen LogP contribution >= 0.6 is 0 Å². The first-order valence-electron chi connectivity index (χ1n) is 6.10. The molecular weight excluding hydrogens is 248 g/mol. The number of hydrogen-bond donors (Lipinski definition) is 2. The molecule has 102 valence electrons. The number of carbonyl (C=O) groups is 1. The molecule has 1 aromatic carbocycles. The van der Waals surface area contributed by atoms with Crippen LogP contribution in [-0.2, 0) is 11.3 Å². The summed E-state index contributed by atoms with van der Waals surface area (Å²) < 4.78 is 6.97. The summed E-state index contributed by atoms with van der Waals surface area (Å²) in [5, 5.41) is 8.92. The number of hydrogen-bond acceptors (Lipinski definition) is 3. The van der Waals surface area contributed by atoms with Crippen LogP contribution < -0.4 is 5.69 Å². The number of aromatic nitrogens is 2. The number of aromatic amines is 1. The normalized spacial score (nSPS) is 12.7.